The number of rotatable bonds is 3. The van der Waals surface area contributed by atoms with Gasteiger partial charge < -0.3 is 19.5 Å². The van der Waals surface area contributed by atoms with Gasteiger partial charge in [0.1, 0.15) is 0 Å². The third-order valence-electron chi connectivity index (χ3n) is 6.60. The van der Waals surface area contributed by atoms with E-state index in [1.54, 1.807) is 0 Å². The number of hydrogen-bond donors (Lipinski definition) is 1. The SMILES string of the molecule is O=c1[nH]c2ccccc2n1C1CCN(c2nc3ccccc3nc2N2CCOCC2)CC1. The molecule has 1 N–H and O–H groups in total. The van der Waals surface area contributed by atoms with E-state index >= 15 is 0 Å². The van der Waals surface area contributed by atoms with Gasteiger partial charge in [-0.15, -0.1) is 0 Å². The first kappa shape index (κ1) is 19.3. The van der Waals surface area contributed by atoms with Gasteiger partial charge in [-0.1, -0.05) is 24.3 Å². The second-order valence-corrected chi connectivity index (χ2v) is 8.49. The van der Waals surface area contributed by atoms with Crippen LogP contribution in [0.3, 0.4) is 0 Å². The van der Waals surface area contributed by atoms with Crippen LogP contribution < -0.4 is 15.5 Å². The normalized spacial score (nSPS) is 18.0. The van der Waals surface area contributed by atoms with Gasteiger partial charge in [-0.3, -0.25) is 4.57 Å². The molecule has 0 spiro atoms. The third-order valence-corrected chi connectivity index (χ3v) is 6.60. The van der Waals surface area contributed by atoms with E-state index in [-0.39, 0.29) is 11.7 Å². The number of aromatic nitrogens is 4. The molecule has 0 aliphatic carbocycles. The summed E-state index contributed by atoms with van der Waals surface area (Å²) in [5.41, 5.74) is 3.68. The lowest BCUT2D eigenvalue weighted by Gasteiger charge is -2.36. The van der Waals surface area contributed by atoms with Crippen LogP contribution >= 0.6 is 0 Å². The molecule has 0 saturated carbocycles. The van der Waals surface area contributed by atoms with E-state index < -0.39 is 0 Å². The highest BCUT2D eigenvalue weighted by Crippen LogP contribution is 2.33. The zero-order valence-corrected chi connectivity index (χ0v) is 17.9. The van der Waals surface area contributed by atoms with Gasteiger partial charge in [-0.2, -0.15) is 0 Å². The van der Waals surface area contributed by atoms with Crippen LogP contribution in [0.1, 0.15) is 18.9 Å². The molecule has 2 aromatic heterocycles. The fraction of sp³-hybridized carbons (Fsp3) is 0.375. The molecule has 0 unspecified atom stereocenters. The molecule has 0 amide bonds. The average molecular weight is 431 g/mol. The fourth-order valence-electron chi connectivity index (χ4n) is 4.95. The largest absolute Gasteiger partial charge is 0.378 e. The molecule has 2 aromatic carbocycles. The molecule has 32 heavy (non-hydrogen) atoms. The minimum Gasteiger partial charge on any atom is -0.378 e. The second-order valence-electron chi connectivity index (χ2n) is 8.49. The lowest BCUT2D eigenvalue weighted by Crippen LogP contribution is -2.41. The lowest BCUT2D eigenvalue weighted by molar-refractivity contribution is 0.122. The highest BCUT2D eigenvalue weighted by Gasteiger charge is 2.28. The number of fused-ring (bicyclic) bond motifs is 2. The minimum atomic E-state index is -0.0239. The zero-order chi connectivity index (χ0) is 21.5. The molecule has 4 heterocycles. The van der Waals surface area contributed by atoms with Gasteiger partial charge in [-0.25, -0.2) is 14.8 Å². The summed E-state index contributed by atoms with van der Waals surface area (Å²) in [6.45, 7) is 4.73. The van der Waals surface area contributed by atoms with E-state index in [1.165, 1.54) is 0 Å². The van der Waals surface area contributed by atoms with Crippen molar-refractivity contribution in [2.45, 2.75) is 18.9 Å². The predicted molar refractivity (Wildman–Crippen MR) is 126 cm³/mol. The van der Waals surface area contributed by atoms with Gasteiger partial charge in [0.2, 0.25) is 0 Å². The van der Waals surface area contributed by atoms with Crippen LogP contribution in [0, 0.1) is 0 Å². The molecule has 8 heteroatoms. The molecule has 2 saturated heterocycles. The smallest absolute Gasteiger partial charge is 0.326 e. The third kappa shape index (κ3) is 3.31. The number of para-hydroxylation sites is 4. The van der Waals surface area contributed by atoms with E-state index in [1.807, 2.05) is 53.1 Å². The highest BCUT2D eigenvalue weighted by molar-refractivity contribution is 5.81. The summed E-state index contributed by atoms with van der Waals surface area (Å²) >= 11 is 0. The highest BCUT2D eigenvalue weighted by atomic mass is 16.5. The molecule has 8 nitrogen and oxygen atoms in total. The van der Waals surface area contributed by atoms with Crippen molar-refractivity contribution in [1.29, 1.82) is 0 Å². The first-order chi connectivity index (χ1) is 15.8. The van der Waals surface area contributed by atoms with Crippen LogP contribution in [0.5, 0.6) is 0 Å². The second kappa shape index (κ2) is 7.94. The number of imidazole rings is 1. The Morgan fingerprint density at radius 3 is 2.09 bits per heavy atom. The van der Waals surface area contributed by atoms with Crippen molar-refractivity contribution in [3.05, 3.63) is 59.0 Å². The Morgan fingerprint density at radius 1 is 0.812 bits per heavy atom. The number of nitrogens with zero attached hydrogens (tertiary/aromatic N) is 5. The Morgan fingerprint density at radius 2 is 1.41 bits per heavy atom. The van der Waals surface area contributed by atoms with Crippen LogP contribution in [-0.4, -0.2) is 58.9 Å². The maximum atomic E-state index is 12.6. The van der Waals surface area contributed by atoms with E-state index in [0.29, 0.717) is 13.2 Å². The Hall–Kier alpha value is -3.39. The van der Waals surface area contributed by atoms with Crippen molar-refractivity contribution in [1.82, 2.24) is 19.5 Å². The Labute approximate surface area is 185 Å². The van der Waals surface area contributed by atoms with Crippen molar-refractivity contribution in [2.24, 2.45) is 0 Å². The summed E-state index contributed by atoms with van der Waals surface area (Å²) in [5, 5.41) is 0. The van der Waals surface area contributed by atoms with Crippen LogP contribution in [0.2, 0.25) is 0 Å². The van der Waals surface area contributed by atoms with Crippen LogP contribution in [-0.2, 0) is 4.74 Å². The molecular weight excluding hydrogens is 404 g/mol. The summed E-state index contributed by atoms with van der Waals surface area (Å²) in [7, 11) is 0. The number of morpholine rings is 1. The van der Waals surface area contributed by atoms with E-state index in [4.69, 9.17) is 14.7 Å². The molecule has 4 aromatic rings. The van der Waals surface area contributed by atoms with E-state index in [0.717, 1.165) is 72.7 Å². The molecule has 2 fully saturated rings. The van der Waals surface area contributed by atoms with E-state index in [2.05, 4.69) is 14.8 Å². The average Bonchev–Trinajstić information content (AvgIpc) is 3.19. The summed E-state index contributed by atoms with van der Waals surface area (Å²) in [5.74, 6) is 1.88. The number of ether oxygens (including phenoxy) is 1. The van der Waals surface area contributed by atoms with Gasteiger partial charge in [0.25, 0.3) is 0 Å². The molecule has 164 valence electrons. The maximum Gasteiger partial charge on any atom is 0.326 e. The van der Waals surface area contributed by atoms with Gasteiger partial charge in [0.05, 0.1) is 35.3 Å². The molecule has 6 rings (SSSR count). The number of piperidine rings is 1. The predicted octanol–water partition coefficient (Wildman–Crippen LogP) is 2.95. The van der Waals surface area contributed by atoms with Crippen LogP contribution in [0.15, 0.2) is 53.3 Å². The number of nitrogens with one attached hydrogen (secondary N) is 1. The molecule has 0 radical (unpaired) electrons. The molecular formula is C24H26N6O2. The summed E-state index contributed by atoms with van der Waals surface area (Å²) < 4.78 is 7.49. The molecule has 2 aliphatic rings. The van der Waals surface area contributed by atoms with Crippen molar-refractivity contribution >= 4 is 33.7 Å². The molecule has 0 atom stereocenters. The van der Waals surface area contributed by atoms with Gasteiger partial charge >= 0.3 is 5.69 Å². The summed E-state index contributed by atoms with van der Waals surface area (Å²) in [4.78, 5) is 30.3. The van der Waals surface area contributed by atoms with Gasteiger partial charge in [0, 0.05) is 32.2 Å². The van der Waals surface area contributed by atoms with E-state index in [9.17, 15) is 4.79 Å². The first-order valence-corrected chi connectivity index (χ1v) is 11.3. The van der Waals surface area contributed by atoms with Gasteiger partial charge in [0.15, 0.2) is 11.6 Å². The number of anilines is 2. The van der Waals surface area contributed by atoms with Crippen molar-refractivity contribution in [3.63, 3.8) is 0 Å². The van der Waals surface area contributed by atoms with Crippen molar-refractivity contribution in [2.75, 3.05) is 49.2 Å². The monoisotopic (exact) mass is 430 g/mol. The fourth-order valence-corrected chi connectivity index (χ4v) is 4.95. The lowest BCUT2D eigenvalue weighted by atomic mass is 10.0. The number of hydrogen-bond acceptors (Lipinski definition) is 6. The maximum absolute atomic E-state index is 12.6. The Bertz CT molecular complexity index is 1320. The van der Waals surface area contributed by atoms with Gasteiger partial charge in [-0.05, 0) is 37.1 Å². The standard InChI is InChI=1S/C24H26N6O2/c31-24-27-20-7-3-4-8-21(20)30(24)17-9-11-28(12-10-17)22-23(29-13-15-32-16-14-29)26-19-6-2-1-5-18(19)25-22/h1-8,17H,9-16H2,(H,27,31). The Kier molecular flexibility index (Phi) is 4.79. The number of benzene rings is 2. The number of aromatic amines is 1. The number of H-pyrrole nitrogens is 1. The van der Waals surface area contributed by atoms with Crippen LogP contribution in [0.4, 0.5) is 11.6 Å². The van der Waals surface area contributed by atoms with Crippen LogP contribution in [0.25, 0.3) is 22.1 Å². The summed E-state index contributed by atoms with van der Waals surface area (Å²) in [6.07, 6.45) is 1.78. The summed E-state index contributed by atoms with van der Waals surface area (Å²) in [6, 6.07) is 16.1. The van der Waals surface area contributed by atoms with Crippen molar-refractivity contribution in [3.8, 4) is 0 Å². The first-order valence-electron chi connectivity index (χ1n) is 11.3. The quantitative estimate of drug-likeness (QED) is 0.538. The topological polar surface area (TPSA) is 79.3 Å². The minimum absolute atomic E-state index is 0.0239. The molecule has 0 bridgehead atoms. The zero-order valence-electron chi connectivity index (χ0n) is 17.9. The van der Waals surface area contributed by atoms with Crippen molar-refractivity contribution < 1.29 is 4.74 Å². The molecule has 2 aliphatic heterocycles. The Balaban J connectivity index is 1.32.